The Bertz CT molecular complexity index is 1140. The molecule has 3 aromatic heterocycles. The summed E-state index contributed by atoms with van der Waals surface area (Å²) in [6.45, 7) is 1.65. The Morgan fingerprint density at radius 1 is 0.970 bits per heavy atom. The molecular weight excluding hydrogens is 445 g/mol. The van der Waals surface area contributed by atoms with Gasteiger partial charge in [0.25, 0.3) is 6.43 Å². The molecule has 0 bridgehead atoms. The lowest BCUT2D eigenvalue weighted by Gasteiger charge is -2.40. The molecular formula is C21H22F5N7. The summed E-state index contributed by atoms with van der Waals surface area (Å²) in [5.41, 5.74) is 0.444. The summed E-state index contributed by atoms with van der Waals surface area (Å²) in [4.78, 5) is 17.0. The van der Waals surface area contributed by atoms with Crippen LogP contribution < -0.4 is 9.80 Å². The van der Waals surface area contributed by atoms with E-state index in [1.54, 1.807) is 6.20 Å². The van der Waals surface area contributed by atoms with Gasteiger partial charge in [-0.3, -0.25) is 0 Å². The number of alkyl halides is 5. The number of rotatable bonds is 4. The van der Waals surface area contributed by atoms with Crippen LogP contribution in [0.5, 0.6) is 0 Å². The van der Waals surface area contributed by atoms with Crippen LogP contribution in [0.1, 0.15) is 31.3 Å². The Balaban J connectivity index is 1.28. The highest BCUT2D eigenvalue weighted by Crippen LogP contribution is 2.42. The number of anilines is 2. The molecule has 0 N–H and O–H groups in total. The maximum absolute atomic E-state index is 13.0. The van der Waals surface area contributed by atoms with Crippen molar-refractivity contribution in [2.75, 3.05) is 36.0 Å². The van der Waals surface area contributed by atoms with Crippen molar-refractivity contribution in [3.8, 4) is 0 Å². The quantitative estimate of drug-likeness (QED) is 0.536. The molecule has 7 nitrogen and oxygen atoms in total. The van der Waals surface area contributed by atoms with E-state index < -0.39 is 19.1 Å². The van der Waals surface area contributed by atoms with Crippen LogP contribution in [0.25, 0.3) is 11.2 Å². The van der Waals surface area contributed by atoms with Gasteiger partial charge < -0.3 is 9.80 Å². The van der Waals surface area contributed by atoms with Crippen LogP contribution in [0.15, 0.2) is 30.7 Å². The minimum Gasteiger partial charge on any atom is -0.357 e. The summed E-state index contributed by atoms with van der Waals surface area (Å²) in [6.07, 6.45) is 0.0104. The molecule has 0 saturated carbocycles. The van der Waals surface area contributed by atoms with Crippen molar-refractivity contribution >= 4 is 22.8 Å². The molecule has 5 heterocycles. The SMILES string of the molecule is FC(F)c1ccnc(N2CCC3(CC2)CCN(c2cnc4cnn(CC(F)(F)F)c4n2)C3)c1. The predicted octanol–water partition coefficient (Wildman–Crippen LogP) is 4.22. The maximum atomic E-state index is 13.0. The van der Waals surface area contributed by atoms with Gasteiger partial charge in [0.15, 0.2) is 5.65 Å². The highest BCUT2D eigenvalue weighted by atomic mass is 19.4. The van der Waals surface area contributed by atoms with E-state index in [-0.39, 0.29) is 16.6 Å². The van der Waals surface area contributed by atoms with Crippen molar-refractivity contribution in [1.82, 2.24) is 24.7 Å². The van der Waals surface area contributed by atoms with Gasteiger partial charge in [-0.25, -0.2) is 28.4 Å². The van der Waals surface area contributed by atoms with Crippen LogP contribution in [0.2, 0.25) is 0 Å². The largest absolute Gasteiger partial charge is 0.408 e. The third kappa shape index (κ3) is 4.42. The second-order valence-electron chi connectivity index (χ2n) is 8.76. The molecule has 0 unspecified atom stereocenters. The van der Waals surface area contributed by atoms with E-state index in [1.807, 2.05) is 4.90 Å². The molecule has 33 heavy (non-hydrogen) atoms. The number of fused-ring (bicyclic) bond motifs is 1. The summed E-state index contributed by atoms with van der Waals surface area (Å²) < 4.78 is 65.4. The van der Waals surface area contributed by atoms with Gasteiger partial charge in [0.1, 0.15) is 23.7 Å². The second kappa shape index (κ2) is 8.07. The van der Waals surface area contributed by atoms with Gasteiger partial charge in [0.05, 0.1) is 12.4 Å². The first kappa shape index (κ1) is 21.8. The molecule has 0 aromatic carbocycles. The molecule has 1 spiro atoms. The molecule has 12 heteroatoms. The van der Waals surface area contributed by atoms with Crippen LogP contribution in [-0.2, 0) is 6.54 Å². The topological polar surface area (TPSA) is 63.0 Å². The van der Waals surface area contributed by atoms with Crippen molar-refractivity contribution < 1.29 is 22.0 Å². The summed E-state index contributed by atoms with van der Waals surface area (Å²) in [6, 6.07) is 2.77. The van der Waals surface area contributed by atoms with Crippen LogP contribution in [0.3, 0.4) is 0 Å². The number of aromatic nitrogens is 5. The third-order valence-corrected chi connectivity index (χ3v) is 6.59. The van der Waals surface area contributed by atoms with Gasteiger partial charge in [-0.1, -0.05) is 0 Å². The fraction of sp³-hybridized carbons (Fsp3) is 0.524. The zero-order valence-corrected chi connectivity index (χ0v) is 17.6. The minimum atomic E-state index is -4.40. The monoisotopic (exact) mass is 467 g/mol. The van der Waals surface area contributed by atoms with Gasteiger partial charge in [-0.15, -0.1) is 0 Å². The molecule has 0 atom stereocenters. The number of piperidine rings is 1. The Hall–Kier alpha value is -3.05. The van der Waals surface area contributed by atoms with Gasteiger partial charge in [0.2, 0.25) is 0 Å². The lowest BCUT2D eigenvalue weighted by Crippen LogP contribution is -2.42. The van der Waals surface area contributed by atoms with Crippen LogP contribution in [0.4, 0.5) is 33.6 Å². The Labute approximate surface area is 186 Å². The lowest BCUT2D eigenvalue weighted by molar-refractivity contribution is -0.141. The first-order valence-corrected chi connectivity index (χ1v) is 10.7. The Morgan fingerprint density at radius 2 is 1.70 bits per heavy atom. The highest BCUT2D eigenvalue weighted by molar-refractivity contribution is 5.71. The molecule has 176 valence electrons. The molecule has 0 radical (unpaired) electrons. The predicted molar refractivity (Wildman–Crippen MR) is 111 cm³/mol. The average Bonchev–Trinajstić information content (AvgIpc) is 3.37. The minimum absolute atomic E-state index is 0.0361. The normalized spacial score (nSPS) is 18.7. The van der Waals surface area contributed by atoms with E-state index in [1.165, 1.54) is 24.5 Å². The molecule has 2 aliphatic rings. The summed E-state index contributed by atoms with van der Waals surface area (Å²) in [5, 5.41) is 3.78. The van der Waals surface area contributed by atoms with Gasteiger partial charge in [-0.05, 0) is 36.8 Å². The summed E-state index contributed by atoms with van der Waals surface area (Å²) in [5.74, 6) is 1.10. The molecule has 2 saturated heterocycles. The van der Waals surface area contributed by atoms with Crippen LogP contribution in [-0.4, -0.2) is 57.1 Å². The number of hydrogen-bond donors (Lipinski definition) is 0. The zero-order valence-electron chi connectivity index (χ0n) is 17.6. The van der Waals surface area contributed by atoms with Crippen molar-refractivity contribution in [1.29, 1.82) is 0 Å². The van der Waals surface area contributed by atoms with Gasteiger partial charge >= 0.3 is 6.18 Å². The average molecular weight is 467 g/mol. The van der Waals surface area contributed by atoms with Gasteiger partial charge in [-0.2, -0.15) is 18.3 Å². The van der Waals surface area contributed by atoms with E-state index in [4.69, 9.17) is 0 Å². The first-order valence-electron chi connectivity index (χ1n) is 10.7. The van der Waals surface area contributed by atoms with E-state index in [0.29, 0.717) is 30.2 Å². The van der Waals surface area contributed by atoms with Gasteiger partial charge in [0, 0.05) is 37.9 Å². The van der Waals surface area contributed by atoms with E-state index in [9.17, 15) is 22.0 Å². The maximum Gasteiger partial charge on any atom is 0.408 e. The summed E-state index contributed by atoms with van der Waals surface area (Å²) >= 11 is 0. The van der Waals surface area contributed by atoms with E-state index >= 15 is 0 Å². The number of halogens is 5. The molecule has 0 aliphatic carbocycles. The molecule has 2 fully saturated rings. The molecule has 2 aliphatic heterocycles. The first-order chi connectivity index (χ1) is 15.7. The fourth-order valence-electron chi connectivity index (χ4n) is 4.77. The van der Waals surface area contributed by atoms with Crippen LogP contribution in [0, 0.1) is 5.41 Å². The number of hydrogen-bond acceptors (Lipinski definition) is 6. The third-order valence-electron chi connectivity index (χ3n) is 6.59. The van der Waals surface area contributed by atoms with Crippen molar-refractivity contribution in [3.63, 3.8) is 0 Å². The fourth-order valence-corrected chi connectivity index (χ4v) is 4.77. The molecule has 0 amide bonds. The van der Waals surface area contributed by atoms with E-state index in [2.05, 4.69) is 25.0 Å². The molecule has 3 aromatic rings. The standard InChI is InChI=1S/C21H22F5N7/c22-18(23)14-1-5-27-16(9-14)31-6-2-20(3-7-31)4-8-32(12-20)17-11-28-15-10-29-33(19(15)30-17)13-21(24,25)26/h1,5,9-11,18H,2-4,6-8,12-13H2. The molecule has 5 rings (SSSR count). The van der Waals surface area contributed by atoms with Crippen molar-refractivity contribution in [2.45, 2.75) is 38.4 Å². The second-order valence-corrected chi connectivity index (χ2v) is 8.76. The van der Waals surface area contributed by atoms with Crippen molar-refractivity contribution in [2.24, 2.45) is 5.41 Å². The van der Waals surface area contributed by atoms with E-state index in [0.717, 1.165) is 37.0 Å². The Morgan fingerprint density at radius 3 is 2.39 bits per heavy atom. The highest BCUT2D eigenvalue weighted by Gasteiger charge is 2.41. The summed E-state index contributed by atoms with van der Waals surface area (Å²) in [7, 11) is 0. The van der Waals surface area contributed by atoms with Crippen LogP contribution >= 0.6 is 0 Å². The van der Waals surface area contributed by atoms with Crippen molar-refractivity contribution in [3.05, 3.63) is 36.3 Å². The zero-order chi connectivity index (χ0) is 23.2. The Kier molecular flexibility index (Phi) is 5.32. The smallest absolute Gasteiger partial charge is 0.357 e. The lowest BCUT2D eigenvalue weighted by atomic mass is 9.78. The number of nitrogens with zero attached hydrogens (tertiary/aromatic N) is 7. The number of pyridine rings is 1.